The number of hydrogen-bond acceptors (Lipinski definition) is 10. The monoisotopic (exact) mass is 707 g/mol. The summed E-state index contributed by atoms with van der Waals surface area (Å²) in [5.74, 6) is -0.248. The number of esters is 1. The van der Waals surface area contributed by atoms with Crippen LogP contribution in [0.25, 0.3) is 0 Å². The number of piperidine rings is 2. The molecule has 2 amide bonds. The lowest BCUT2D eigenvalue weighted by molar-refractivity contribution is -0.147. The number of ether oxygens (including phenoxy) is 4. The van der Waals surface area contributed by atoms with E-state index in [9.17, 15) is 29.1 Å². The lowest BCUT2D eigenvalue weighted by Crippen LogP contribution is -2.58. The smallest absolute Gasteiger partial charge is 0.409 e. The zero-order valence-corrected chi connectivity index (χ0v) is 30.0. The summed E-state index contributed by atoms with van der Waals surface area (Å²) < 4.78 is 27.1. The summed E-state index contributed by atoms with van der Waals surface area (Å²) in [5, 5.41) is 11.9. The summed E-state index contributed by atoms with van der Waals surface area (Å²) in [6, 6.07) is 1.44. The number of carbonyl (C=O) groups excluding carboxylic acids is 3. The van der Waals surface area contributed by atoms with Crippen molar-refractivity contribution in [1.82, 2.24) is 15.0 Å². The Morgan fingerprint density at radius 3 is 2.20 bits per heavy atom. The second kappa shape index (κ2) is 19.3. The van der Waals surface area contributed by atoms with E-state index in [1.165, 1.54) is 43.8 Å². The number of hydrogen-bond donors (Lipinski definition) is 2. The predicted octanol–water partition coefficient (Wildman–Crippen LogP) is 5.64. The number of aromatic amines is 1. The maximum absolute atomic E-state index is 12.4. The number of nitrogens with zero attached hydrogens (tertiary/aromatic N) is 2. The van der Waals surface area contributed by atoms with Gasteiger partial charge in [0.2, 0.25) is 0 Å². The summed E-state index contributed by atoms with van der Waals surface area (Å²) >= 11 is 0. The highest BCUT2D eigenvalue weighted by Crippen LogP contribution is 2.35. The highest BCUT2D eigenvalue weighted by molar-refractivity contribution is 5.97. The topological polar surface area (TPSA) is 178 Å². The Morgan fingerprint density at radius 2 is 1.62 bits per heavy atom. The van der Waals surface area contributed by atoms with Crippen molar-refractivity contribution in [2.45, 2.75) is 140 Å². The van der Waals surface area contributed by atoms with E-state index in [0.29, 0.717) is 44.3 Å². The number of methoxy groups -OCH3 is 1. The lowest BCUT2D eigenvalue weighted by Gasteiger charge is -2.46. The molecule has 282 valence electrons. The van der Waals surface area contributed by atoms with Crippen molar-refractivity contribution >= 4 is 23.9 Å². The van der Waals surface area contributed by atoms with E-state index >= 15 is 0 Å². The fraction of sp³-hybridized carbons (Fsp3) is 0.806. The zero-order valence-electron chi connectivity index (χ0n) is 30.0. The third-order valence-electron chi connectivity index (χ3n) is 10.7. The molecule has 50 heavy (non-hydrogen) atoms. The summed E-state index contributed by atoms with van der Waals surface area (Å²) in [6.45, 7) is 5.43. The van der Waals surface area contributed by atoms with Gasteiger partial charge in [0.1, 0.15) is 18.0 Å². The first kappa shape index (κ1) is 39.4. The van der Waals surface area contributed by atoms with E-state index in [0.717, 1.165) is 44.9 Å². The van der Waals surface area contributed by atoms with Crippen LogP contribution in [0.2, 0.25) is 0 Å². The number of carbonyl (C=O) groups is 4. The maximum atomic E-state index is 12.4. The highest BCUT2D eigenvalue weighted by atomic mass is 16.5. The van der Waals surface area contributed by atoms with Crippen LogP contribution in [0.5, 0.6) is 0 Å². The molecule has 0 radical (unpaired) electrons. The molecule has 5 rings (SSSR count). The minimum Gasteiger partial charge on any atom is -0.466 e. The minimum absolute atomic E-state index is 0.0571. The second-order valence-corrected chi connectivity index (χ2v) is 14.4. The van der Waals surface area contributed by atoms with Crippen LogP contribution < -0.4 is 5.56 Å². The molecule has 1 aromatic heterocycles. The first-order valence-electron chi connectivity index (χ1n) is 18.5. The molecule has 4 fully saturated rings. The molecule has 0 unspecified atom stereocenters. The number of carboxylic acid groups (broad SMARTS) is 1. The predicted molar refractivity (Wildman–Crippen MR) is 182 cm³/mol. The van der Waals surface area contributed by atoms with Gasteiger partial charge in [-0.3, -0.25) is 14.4 Å². The largest absolute Gasteiger partial charge is 0.466 e. The Labute approximate surface area is 294 Å². The number of Topliss-reactive ketones (excluding diaryl/α,β-unsaturated/α-hetero) is 1. The maximum Gasteiger partial charge on any atom is 0.409 e. The van der Waals surface area contributed by atoms with Crippen LogP contribution >= 0.6 is 0 Å². The van der Waals surface area contributed by atoms with Crippen molar-refractivity contribution in [3.05, 3.63) is 22.2 Å². The Bertz CT molecular complexity index is 1300. The summed E-state index contributed by atoms with van der Waals surface area (Å²) in [6.07, 6.45) is 12.6. The standard InChI is InChI=1S/C19H31NO6.C17H26N2O5/c1-3-25-17(22)11-16(21)14-9-10-20(18(23)24)19(2,12-14)13-26-15-7-5-4-6-8-15;1-22-17(21)19-8-7-12(15-10-16(20)18-24-15)9-13(19)11-23-14-5-3-2-4-6-14/h14-15H,3-13H2,1-2H3,(H,23,24);10,12-14H,2-9,11H2,1H3,(H,18,20)/t14-,19-;12-,13-/m00/s1. The van der Waals surface area contributed by atoms with Gasteiger partial charge in [-0.25, -0.2) is 9.59 Å². The van der Waals surface area contributed by atoms with Gasteiger partial charge in [0.05, 0.1) is 50.7 Å². The molecule has 2 aliphatic carbocycles. The lowest BCUT2D eigenvalue weighted by atomic mass is 9.79. The van der Waals surface area contributed by atoms with E-state index in [4.69, 9.17) is 23.5 Å². The Morgan fingerprint density at radius 1 is 0.960 bits per heavy atom. The Hall–Kier alpha value is -3.39. The molecular weight excluding hydrogens is 650 g/mol. The van der Waals surface area contributed by atoms with Gasteiger partial charge in [0.25, 0.3) is 5.56 Å². The SMILES string of the molecule is CCOC(=O)CC(=O)[C@H]1CCN(C(=O)O)[C@](C)(COC2CCCCC2)C1.COC(=O)N1CC[C@H](c2cc(=O)[nH]o2)C[C@H]1COC1CCCCC1. The van der Waals surface area contributed by atoms with E-state index in [-0.39, 0.29) is 67.6 Å². The van der Waals surface area contributed by atoms with Crippen molar-refractivity contribution in [2.75, 3.05) is 40.0 Å². The molecule has 0 bridgehead atoms. The fourth-order valence-electron chi connectivity index (χ4n) is 7.87. The van der Waals surface area contributed by atoms with Crippen LogP contribution in [0.3, 0.4) is 0 Å². The van der Waals surface area contributed by atoms with E-state index < -0.39 is 17.6 Å². The van der Waals surface area contributed by atoms with Crippen molar-refractivity contribution in [2.24, 2.45) is 5.92 Å². The molecule has 0 spiro atoms. The third-order valence-corrected chi connectivity index (χ3v) is 10.7. The van der Waals surface area contributed by atoms with Gasteiger partial charge in [-0.2, -0.15) is 5.16 Å². The zero-order chi connectivity index (χ0) is 36.1. The molecule has 4 aliphatic rings. The molecule has 14 nitrogen and oxygen atoms in total. The van der Waals surface area contributed by atoms with Crippen molar-refractivity contribution in [3.8, 4) is 0 Å². The van der Waals surface area contributed by atoms with Crippen LogP contribution in [-0.4, -0.2) is 108 Å². The fourth-order valence-corrected chi connectivity index (χ4v) is 7.87. The van der Waals surface area contributed by atoms with Crippen LogP contribution in [0, 0.1) is 5.92 Å². The Kier molecular flexibility index (Phi) is 15.2. The molecule has 0 aromatic carbocycles. The minimum atomic E-state index is -0.990. The highest BCUT2D eigenvalue weighted by Gasteiger charge is 2.44. The molecule has 3 heterocycles. The third kappa shape index (κ3) is 11.3. The first-order valence-corrected chi connectivity index (χ1v) is 18.5. The number of rotatable bonds is 11. The summed E-state index contributed by atoms with van der Waals surface area (Å²) in [5.41, 5.74) is -0.980. The van der Waals surface area contributed by atoms with Gasteiger partial charge in [0.15, 0.2) is 0 Å². The van der Waals surface area contributed by atoms with Gasteiger partial charge < -0.3 is 38.4 Å². The number of likely N-dealkylation sites (tertiary alicyclic amines) is 2. The van der Waals surface area contributed by atoms with E-state index in [2.05, 4.69) is 5.16 Å². The average molecular weight is 708 g/mol. The molecule has 2 saturated heterocycles. The molecule has 2 N–H and O–H groups in total. The van der Waals surface area contributed by atoms with E-state index in [1.54, 1.807) is 11.8 Å². The quantitative estimate of drug-likeness (QED) is 0.215. The molecule has 2 saturated carbocycles. The Balaban J connectivity index is 0.000000225. The summed E-state index contributed by atoms with van der Waals surface area (Å²) in [4.78, 5) is 62.2. The van der Waals surface area contributed by atoms with Crippen molar-refractivity contribution in [1.29, 1.82) is 0 Å². The van der Waals surface area contributed by atoms with Gasteiger partial charge in [-0.15, -0.1) is 0 Å². The number of ketones is 1. The van der Waals surface area contributed by atoms with E-state index in [1.807, 2.05) is 6.92 Å². The summed E-state index contributed by atoms with van der Waals surface area (Å²) in [7, 11) is 1.40. The van der Waals surface area contributed by atoms with Crippen LogP contribution in [0.15, 0.2) is 15.4 Å². The normalized spacial score (nSPS) is 26.4. The van der Waals surface area contributed by atoms with Gasteiger partial charge in [0, 0.05) is 31.0 Å². The molecule has 14 heteroatoms. The molecule has 1 aromatic rings. The van der Waals surface area contributed by atoms with Gasteiger partial charge in [-0.1, -0.05) is 38.5 Å². The van der Waals surface area contributed by atoms with Crippen LogP contribution in [-0.2, 0) is 28.5 Å². The number of nitrogens with one attached hydrogen (secondary N) is 1. The number of amides is 2. The second-order valence-electron chi connectivity index (χ2n) is 14.4. The number of aromatic nitrogens is 1. The first-order chi connectivity index (χ1) is 24.0. The van der Waals surface area contributed by atoms with Gasteiger partial charge in [-0.05, 0) is 65.2 Å². The van der Waals surface area contributed by atoms with Crippen molar-refractivity contribution < 1.29 is 47.8 Å². The molecule has 4 atom stereocenters. The average Bonchev–Trinajstić information content (AvgIpc) is 3.56. The number of H-pyrrole nitrogens is 1. The van der Waals surface area contributed by atoms with Gasteiger partial charge >= 0.3 is 18.2 Å². The molecular formula is C36H57N3O11. The molecule has 2 aliphatic heterocycles. The van der Waals surface area contributed by atoms with Crippen molar-refractivity contribution in [3.63, 3.8) is 0 Å². The van der Waals surface area contributed by atoms with Crippen LogP contribution in [0.4, 0.5) is 9.59 Å². The van der Waals surface area contributed by atoms with Crippen LogP contribution in [0.1, 0.15) is 122 Å².